The van der Waals surface area contributed by atoms with Crippen molar-refractivity contribution in [2.24, 2.45) is 0 Å². The van der Waals surface area contributed by atoms with Crippen molar-refractivity contribution in [3.8, 4) is 11.5 Å². The summed E-state index contributed by atoms with van der Waals surface area (Å²) in [7, 11) is 0. The molecule has 0 radical (unpaired) electrons. The first-order chi connectivity index (χ1) is 9.66. The molecule has 0 N–H and O–H groups in total. The molecule has 2 aromatic carbocycles. The molecule has 1 aromatic heterocycles. The molecule has 3 aromatic rings. The summed E-state index contributed by atoms with van der Waals surface area (Å²) >= 11 is 3.35. The second-order valence-electron chi connectivity index (χ2n) is 3.83. The van der Waals surface area contributed by atoms with Gasteiger partial charge in [0.05, 0.1) is 9.40 Å². The standard InChI is InChI=1S/C12H6BrN3O4/c13-7-3-1-2-4-9(7)19-10-6-5-8(16(17)18)11-12(10)15-20-14-11/h1-6H. The van der Waals surface area contributed by atoms with Gasteiger partial charge in [0.15, 0.2) is 11.3 Å². The molecule has 0 spiro atoms. The average molecular weight is 336 g/mol. The van der Waals surface area contributed by atoms with Gasteiger partial charge in [0.25, 0.3) is 0 Å². The number of hydrogen-bond acceptors (Lipinski definition) is 6. The lowest BCUT2D eigenvalue weighted by molar-refractivity contribution is -0.383. The van der Waals surface area contributed by atoms with Crippen LogP contribution in [0.5, 0.6) is 11.5 Å². The second-order valence-corrected chi connectivity index (χ2v) is 4.69. The summed E-state index contributed by atoms with van der Waals surface area (Å²) < 4.78 is 11.0. The predicted octanol–water partition coefficient (Wildman–Crippen LogP) is 3.69. The number of aromatic nitrogens is 2. The first-order valence-electron chi connectivity index (χ1n) is 5.49. The van der Waals surface area contributed by atoms with Gasteiger partial charge in [-0.3, -0.25) is 10.1 Å². The van der Waals surface area contributed by atoms with E-state index in [1.54, 1.807) is 6.07 Å². The van der Waals surface area contributed by atoms with E-state index in [2.05, 4.69) is 30.9 Å². The maximum absolute atomic E-state index is 10.9. The molecular formula is C12H6BrN3O4. The van der Waals surface area contributed by atoms with Crippen molar-refractivity contribution >= 4 is 32.7 Å². The molecule has 3 rings (SSSR count). The molecule has 0 atom stereocenters. The minimum atomic E-state index is -0.547. The first kappa shape index (κ1) is 12.5. The van der Waals surface area contributed by atoms with Crippen LogP contribution in [0.25, 0.3) is 11.0 Å². The fourth-order valence-corrected chi connectivity index (χ4v) is 2.07. The van der Waals surface area contributed by atoms with Crippen LogP contribution in [0.3, 0.4) is 0 Å². The van der Waals surface area contributed by atoms with Crippen LogP contribution in [-0.4, -0.2) is 15.2 Å². The Labute approximate surface area is 120 Å². The van der Waals surface area contributed by atoms with Crippen LogP contribution in [0.2, 0.25) is 0 Å². The van der Waals surface area contributed by atoms with E-state index >= 15 is 0 Å². The molecule has 0 saturated heterocycles. The monoisotopic (exact) mass is 335 g/mol. The van der Waals surface area contributed by atoms with Crippen LogP contribution in [0.1, 0.15) is 0 Å². The minimum Gasteiger partial charge on any atom is -0.454 e. The first-order valence-corrected chi connectivity index (χ1v) is 6.28. The summed E-state index contributed by atoms with van der Waals surface area (Å²) in [5.41, 5.74) is 0.0789. The quantitative estimate of drug-likeness (QED) is 0.535. The molecule has 0 unspecified atom stereocenters. The van der Waals surface area contributed by atoms with Crippen LogP contribution in [0, 0.1) is 10.1 Å². The Bertz CT molecular complexity index is 802. The fourth-order valence-electron chi connectivity index (χ4n) is 1.71. The van der Waals surface area contributed by atoms with Gasteiger partial charge >= 0.3 is 5.69 Å². The number of fused-ring (bicyclic) bond motifs is 1. The van der Waals surface area contributed by atoms with E-state index < -0.39 is 4.92 Å². The predicted molar refractivity (Wildman–Crippen MR) is 72.7 cm³/mol. The Morgan fingerprint density at radius 3 is 2.60 bits per heavy atom. The summed E-state index contributed by atoms with van der Waals surface area (Å²) in [6.45, 7) is 0. The lowest BCUT2D eigenvalue weighted by Crippen LogP contribution is -1.92. The number of nitrogens with zero attached hydrogens (tertiary/aromatic N) is 3. The third-order valence-corrected chi connectivity index (χ3v) is 3.27. The molecule has 0 bridgehead atoms. The number of ether oxygens (including phenoxy) is 1. The summed E-state index contributed by atoms with van der Waals surface area (Å²) in [6, 6.07) is 10.00. The number of hydrogen-bond donors (Lipinski definition) is 0. The largest absolute Gasteiger partial charge is 0.454 e. The minimum absolute atomic E-state index is 0.0551. The molecule has 100 valence electrons. The van der Waals surface area contributed by atoms with Crippen molar-refractivity contribution in [1.82, 2.24) is 10.3 Å². The van der Waals surface area contributed by atoms with Gasteiger partial charge in [-0.05, 0) is 44.4 Å². The van der Waals surface area contributed by atoms with Crippen molar-refractivity contribution in [3.05, 3.63) is 51.0 Å². The van der Waals surface area contributed by atoms with Crippen LogP contribution in [-0.2, 0) is 0 Å². The SMILES string of the molecule is O=[N+]([O-])c1ccc(Oc2ccccc2Br)c2nonc12. The highest BCUT2D eigenvalue weighted by Crippen LogP contribution is 2.35. The van der Waals surface area contributed by atoms with Gasteiger partial charge in [0, 0.05) is 6.07 Å². The highest BCUT2D eigenvalue weighted by molar-refractivity contribution is 9.10. The topological polar surface area (TPSA) is 91.3 Å². The summed E-state index contributed by atoms with van der Waals surface area (Å²) in [4.78, 5) is 10.3. The molecule has 8 heteroatoms. The van der Waals surface area contributed by atoms with Gasteiger partial charge in [-0.2, -0.15) is 0 Å². The highest BCUT2D eigenvalue weighted by atomic mass is 79.9. The molecule has 0 saturated carbocycles. The maximum Gasteiger partial charge on any atom is 0.301 e. The zero-order valence-corrected chi connectivity index (χ0v) is 11.4. The third-order valence-electron chi connectivity index (χ3n) is 2.61. The van der Waals surface area contributed by atoms with E-state index in [4.69, 9.17) is 4.74 Å². The molecule has 7 nitrogen and oxygen atoms in total. The zero-order chi connectivity index (χ0) is 14.1. The third kappa shape index (κ3) is 2.10. The summed E-state index contributed by atoms with van der Waals surface area (Å²) in [5, 5.41) is 18.1. The van der Waals surface area contributed by atoms with Crippen molar-refractivity contribution in [2.75, 3.05) is 0 Å². The van der Waals surface area contributed by atoms with Gasteiger partial charge in [0.2, 0.25) is 5.52 Å². The summed E-state index contributed by atoms with van der Waals surface area (Å²) in [5.74, 6) is 0.893. The van der Waals surface area contributed by atoms with Crippen molar-refractivity contribution < 1.29 is 14.3 Å². The molecule has 1 heterocycles. The Morgan fingerprint density at radius 1 is 1.10 bits per heavy atom. The molecule has 0 aliphatic carbocycles. The van der Waals surface area contributed by atoms with Gasteiger partial charge in [-0.1, -0.05) is 12.1 Å². The zero-order valence-electron chi connectivity index (χ0n) is 9.82. The van der Waals surface area contributed by atoms with Crippen LogP contribution in [0.4, 0.5) is 5.69 Å². The molecule has 0 aliphatic heterocycles. The van der Waals surface area contributed by atoms with Crippen molar-refractivity contribution in [1.29, 1.82) is 0 Å². The Balaban J connectivity index is 2.10. The molecular weight excluding hydrogens is 330 g/mol. The van der Waals surface area contributed by atoms with Gasteiger partial charge < -0.3 is 4.74 Å². The van der Waals surface area contributed by atoms with E-state index in [0.29, 0.717) is 11.5 Å². The Kier molecular flexibility index (Phi) is 3.07. The van der Waals surface area contributed by atoms with Crippen LogP contribution >= 0.6 is 15.9 Å². The number of rotatable bonds is 3. The van der Waals surface area contributed by atoms with E-state index in [-0.39, 0.29) is 16.7 Å². The molecule has 0 aliphatic rings. The van der Waals surface area contributed by atoms with Crippen LogP contribution in [0.15, 0.2) is 45.5 Å². The number of benzene rings is 2. The number of nitro groups is 1. The smallest absolute Gasteiger partial charge is 0.301 e. The van der Waals surface area contributed by atoms with Gasteiger partial charge in [0.1, 0.15) is 5.75 Å². The number of nitro benzene ring substituents is 1. The molecule has 0 amide bonds. The van der Waals surface area contributed by atoms with Crippen LogP contribution < -0.4 is 4.74 Å². The van der Waals surface area contributed by atoms with Gasteiger partial charge in [-0.15, -0.1) is 0 Å². The van der Waals surface area contributed by atoms with E-state index in [1.807, 2.05) is 18.2 Å². The van der Waals surface area contributed by atoms with E-state index in [0.717, 1.165) is 4.47 Å². The average Bonchev–Trinajstić information content (AvgIpc) is 2.90. The van der Waals surface area contributed by atoms with Crippen molar-refractivity contribution in [2.45, 2.75) is 0 Å². The van der Waals surface area contributed by atoms with Gasteiger partial charge in [-0.25, -0.2) is 4.63 Å². The fraction of sp³-hybridized carbons (Fsp3) is 0. The van der Waals surface area contributed by atoms with E-state index in [9.17, 15) is 10.1 Å². The van der Waals surface area contributed by atoms with Crippen molar-refractivity contribution in [3.63, 3.8) is 0 Å². The summed E-state index contributed by atoms with van der Waals surface area (Å²) in [6.07, 6.45) is 0. The lowest BCUT2D eigenvalue weighted by atomic mass is 10.2. The molecule has 0 fully saturated rings. The highest BCUT2D eigenvalue weighted by Gasteiger charge is 2.20. The Hall–Kier alpha value is -2.48. The lowest BCUT2D eigenvalue weighted by Gasteiger charge is -2.07. The molecule has 20 heavy (non-hydrogen) atoms. The maximum atomic E-state index is 10.9. The number of non-ortho nitro benzene ring substituents is 1. The Morgan fingerprint density at radius 2 is 1.85 bits per heavy atom. The number of para-hydroxylation sites is 1. The second kappa shape index (κ2) is 4.89. The normalized spacial score (nSPS) is 10.7. The number of halogens is 1. The van der Waals surface area contributed by atoms with E-state index in [1.165, 1.54) is 12.1 Å².